The normalized spacial score (nSPS) is 16.9. The van der Waals surface area contributed by atoms with Gasteiger partial charge in [0.1, 0.15) is 4.83 Å². The van der Waals surface area contributed by atoms with E-state index >= 15 is 0 Å². The van der Waals surface area contributed by atoms with Crippen LogP contribution in [0.3, 0.4) is 0 Å². The topological polar surface area (TPSA) is 96.6 Å². The van der Waals surface area contributed by atoms with E-state index in [0.29, 0.717) is 27.5 Å². The first-order valence-electron chi connectivity index (χ1n) is 12.9. The molecule has 4 aromatic rings. The fourth-order valence-electron chi connectivity index (χ4n) is 5.59. The van der Waals surface area contributed by atoms with Gasteiger partial charge >= 0.3 is 0 Å². The van der Waals surface area contributed by atoms with Gasteiger partial charge in [0.05, 0.1) is 32.7 Å². The number of nitrogens with one attached hydrogen (secondary N) is 2. The summed E-state index contributed by atoms with van der Waals surface area (Å²) in [6.45, 7) is 4.72. The van der Waals surface area contributed by atoms with Crippen LogP contribution in [0.1, 0.15) is 64.6 Å². The molecule has 6 rings (SSSR count). The van der Waals surface area contributed by atoms with Crippen LogP contribution in [0.15, 0.2) is 30.9 Å². The van der Waals surface area contributed by atoms with Crippen molar-refractivity contribution in [1.29, 1.82) is 0 Å². The van der Waals surface area contributed by atoms with Gasteiger partial charge in [0.25, 0.3) is 11.8 Å². The van der Waals surface area contributed by atoms with Crippen LogP contribution in [0, 0.1) is 0 Å². The van der Waals surface area contributed by atoms with E-state index in [1.165, 1.54) is 54.8 Å². The van der Waals surface area contributed by atoms with Crippen molar-refractivity contribution in [2.45, 2.75) is 51.0 Å². The second-order valence-electron chi connectivity index (χ2n) is 10.0. The van der Waals surface area contributed by atoms with Crippen molar-refractivity contribution in [3.63, 3.8) is 0 Å². The molecule has 0 atom stereocenters. The van der Waals surface area contributed by atoms with Gasteiger partial charge in [-0.2, -0.15) is 10.2 Å². The van der Waals surface area contributed by atoms with Crippen LogP contribution in [-0.4, -0.2) is 61.3 Å². The van der Waals surface area contributed by atoms with Crippen LogP contribution < -0.4 is 10.6 Å². The van der Waals surface area contributed by atoms with E-state index in [1.807, 2.05) is 32.4 Å². The van der Waals surface area contributed by atoms with E-state index in [0.717, 1.165) is 40.3 Å². The average molecular weight is 538 g/mol. The van der Waals surface area contributed by atoms with Gasteiger partial charge in [-0.15, -0.1) is 22.7 Å². The highest BCUT2D eigenvalue weighted by Crippen LogP contribution is 2.45. The molecule has 0 unspecified atom stereocenters. The third-order valence-electron chi connectivity index (χ3n) is 7.76. The molecule has 194 valence electrons. The Kier molecular flexibility index (Phi) is 6.37. The molecule has 2 fully saturated rings. The van der Waals surface area contributed by atoms with Crippen LogP contribution in [-0.2, 0) is 13.5 Å². The number of thiazole rings is 1. The molecule has 1 aliphatic carbocycles. The SMILES string of the molecule is CCc1cc(C(=O)NCCN2CCCC23CCC3)sc1NC(=O)c1cnn2cc(-c3cnn(C)c3)sc12. The molecule has 0 aromatic carbocycles. The lowest BCUT2D eigenvalue weighted by Gasteiger charge is -2.46. The maximum Gasteiger partial charge on any atom is 0.261 e. The number of nitrogens with zero attached hydrogens (tertiary/aromatic N) is 5. The number of aryl methyl sites for hydroxylation is 2. The summed E-state index contributed by atoms with van der Waals surface area (Å²) in [6, 6.07) is 1.90. The number of anilines is 1. The highest BCUT2D eigenvalue weighted by Gasteiger charge is 2.44. The molecule has 5 heterocycles. The molecule has 1 aliphatic heterocycles. The predicted molar refractivity (Wildman–Crippen MR) is 147 cm³/mol. The number of fused-ring (bicyclic) bond motifs is 1. The van der Waals surface area contributed by atoms with Crippen LogP contribution >= 0.6 is 22.7 Å². The third-order valence-corrected chi connectivity index (χ3v) is 10.0. The Balaban J connectivity index is 1.12. The number of carbonyl (C=O) groups excluding carboxylic acids is 2. The summed E-state index contributed by atoms with van der Waals surface area (Å²) >= 11 is 2.84. The Hall–Kier alpha value is -3.02. The van der Waals surface area contributed by atoms with E-state index < -0.39 is 0 Å². The molecule has 1 saturated carbocycles. The minimum absolute atomic E-state index is 0.0747. The first-order valence-corrected chi connectivity index (χ1v) is 14.5. The van der Waals surface area contributed by atoms with E-state index in [2.05, 4.69) is 25.7 Å². The Labute approximate surface area is 223 Å². The minimum atomic E-state index is -0.224. The van der Waals surface area contributed by atoms with Crippen LogP contribution in [0.25, 0.3) is 15.3 Å². The highest BCUT2D eigenvalue weighted by molar-refractivity contribution is 7.21. The summed E-state index contributed by atoms with van der Waals surface area (Å²) < 4.78 is 3.48. The van der Waals surface area contributed by atoms with Crippen LogP contribution in [0.4, 0.5) is 5.00 Å². The Morgan fingerprint density at radius 3 is 2.65 bits per heavy atom. The second kappa shape index (κ2) is 9.70. The first-order chi connectivity index (χ1) is 18.0. The molecule has 2 N–H and O–H groups in total. The lowest BCUT2D eigenvalue weighted by molar-refractivity contribution is 0.0561. The molecular formula is C26H31N7O2S2. The summed E-state index contributed by atoms with van der Waals surface area (Å²) in [5.41, 5.74) is 2.87. The van der Waals surface area contributed by atoms with E-state index in [-0.39, 0.29) is 11.8 Å². The minimum Gasteiger partial charge on any atom is -0.350 e. The zero-order valence-electron chi connectivity index (χ0n) is 21.1. The zero-order valence-corrected chi connectivity index (χ0v) is 22.8. The van der Waals surface area contributed by atoms with Crippen molar-refractivity contribution in [1.82, 2.24) is 29.6 Å². The summed E-state index contributed by atoms with van der Waals surface area (Å²) in [5.74, 6) is -0.299. The van der Waals surface area contributed by atoms with E-state index in [9.17, 15) is 9.59 Å². The number of aromatic nitrogens is 4. The van der Waals surface area contributed by atoms with Gasteiger partial charge in [-0.25, -0.2) is 4.52 Å². The van der Waals surface area contributed by atoms with Gasteiger partial charge in [0.15, 0.2) is 0 Å². The fourth-order valence-corrected chi connectivity index (χ4v) is 7.69. The number of likely N-dealkylation sites (tertiary alicyclic amines) is 1. The summed E-state index contributed by atoms with van der Waals surface area (Å²) in [4.78, 5) is 31.1. The zero-order chi connectivity index (χ0) is 25.6. The lowest BCUT2D eigenvalue weighted by Crippen LogP contribution is -2.51. The number of rotatable bonds is 8. The van der Waals surface area contributed by atoms with E-state index in [4.69, 9.17) is 0 Å². The monoisotopic (exact) mass is 537 g/mol. The molecular weight excluding hydrogens is 506 g/mol. The van der Waals surface area contributed by atoms with Crippen LogP contribution in [0.5, 0.6) is 0 Å². The largest absolute Gasteiger partial charge is 0.350 e. The van der Waals surface area contributed by atoms with Gasteiger partial charge in [0.2, 0.25) is 0 Å². The molecule has 4 aromatic heterocycles. The van der Waals surface area contributed by atoms with Crippen molar-refractivity contribution >= 4 is 44.3 Å². The van der Waals surface area contributed by atoms with Crippen molar-refractivity contribution in [2.75, 3.05) is 25.0 Å². The number of hydrogen-bond acceptors (Lipinski definition) is 7. The molecule has 11 heteroatoms. The van der Waals surface area contributed by atoms with Gasteiger partial charge < -0.3 is 10.6 Å². The quantitative estimate of drug-likeness (QED) is 0.347. The average Bonchev–Trinajstić information content (AvgIpc) is 3.65. The van der Waals surface area contributed by atoms with Crippen molar-refractivity contribution < 1.29 is 9.59 Å². The number of carbonyl (C=O) groups is 2. The van der Waals surface area contributed by atoms with Crippen molar-refractivity contribution in [3.05, 3.63) is 46.9 Å². The second-order valence-corrected chi connectivity index (χ2v) is 12.1. The number of amides is 2. The number of hydrogen-bond donors (Lipinski definition) is 2. The Morgan fingerprint density at radius 1 is 1.08 bits per heavy atom. The smallest absolute Gasteiger partial charge is 0.261 e. The standard InChI is InChI=1S/C26H31N7O2S2/c1-3-17-12-20(23(35)27-9-11-32-10-5-8-26(32)6-4-7-26)36-24(17)30-22(34)19-14-29-33-16-21(37-25(19)33)18-13-28-31(2)15-18/h12-16H,3-11H2,1-2H3,(H,27,35)(H,30,34). The van der Waals surface area contributed by atoms with Crippen molar-refractivity contribution in [3.8, 4) is 10.4 Å². The molecule has 2 aliphatic rings. The number of thiophene rings is 1. The summed E-state index contributed by atoms with van der Waals surface area (Å²) in [6.07, 6.45) is 14.5. The fraction of sp³-hybridized carbons (Fsp3) is 0.462. The maximum absolute atomic E-state index is 13.2. The van der Waals surface area contributed by atoms with E-state index in [1.54, 1.807) is 21.6 Å². The maximum atomic E-state index is 13.2. The molecule has 2 amide bonds. The molecule has 0 radical (unpaired) electrons. The predicted octanol–water partition coefficient (Wildman–Crippen LogP) is 4.42. The molecule has 37 heavy (non-hydrogen) atoms. The summed E-state index contributed by atoms with van der Waals surface area (Å²) in [5, 5.41) is 15.5. The highest BCUT2D eigenvalue weighted by atomic mass is 32.1. The van der Waals surface area contributed by atoms with Gasteiger partial charge in [-0.3, -0.25) is 19.2 Å². The lowest BCUT2D eigenvalue weighted by atomic mass is 9.75. The molecule has 1 saturated heterocycles. The van der Waals surface area contributed by atoms with Gasteiger partial charge in [-0.05, 0) is 56.7 Å². The van der Waals surface area contributed by atoms with Gasteiger partial charge in [-0.1, -0.05) is 6.92 Å². The molecule has 9 nitrogen and oxygen atoms in total. The van der Waals surface area contributed by atoms with Crippen LogP contribution in [0.2, 0.25) is 0 Å². The summed E-state index contributed by atoms with van der Waals surface area (Å²) in [7, 11) is 1.87. The Bertz CT molecular complexity index is 1460. The Morgan fingerprint density at radius 2 is 1.92 bits per heavy atom. The first kappa shape index (κ1) is 24.3. The van der Waals surface area contributed by atoms with Crippen molar-refractivity contribution in [2.24, 2.45) is 7.05 Å². The van der Waals surface area contributed by atoms with Gasteiger partial charge in [0, 0.05) is 43.6 Å². The molecule has 0 bridgehead atoms. The molecule has 1 spiro atoms. The third kappa shape index (κ3) is 4.49.